The quantitative estimate of drug-likeness (QED) is 0.103. The summed E-state index contributed by atoms with van der Waals surface area (Å²) in [5.41, 5.74) is 7.16. The van der Waals surface area contributed by atoms with Crippen LogP contribution in [0.3, 0.4) is 0 Å². The zero-order valence-electron chi connectivity index (χ0n) is 33.3. The number of nitrogens with zero attached hydrogens (tertiary/aromatic N) is 3. The molecule has 4 atom stereocenters. The maximum atomic E-state index is 13.2. The number of nitro benzene ring substituents is 1. The molecule has 2 aliphatic heterocycles. The summed E-state index contributed by atoms with van der Waals surface area (Å²) < 4.78 is 13.6. The van der Waals surface area contributed by atoms with Crippen LogP contribution < -0.4 is 15.5 Å². The number of aliphatic hydroxyl groups is 1. The summed E-state index contributed by atoms with van der Waals surface area (Å²) in [5, 5.41) is 27.4. The van der Waals surface area contributed by atoms with Gasteiger partial charge < -0.3 is 30.1 Å². The van der Waals surface area contributed by atoms with E-state index in [2.05, 4.69) is 75.9 Å². The molecule has 0 radical (unpaired) electrons. The number of aliphatic hydroxyl groups excluding tert-OH is 1. The van der Waals surface area contributed by atoms with Crippen molar-refractivity contribution < 1.29 is 24.3 Å². The minimum Gasteiger partial charge on any atom is -0.392 e. The fourth-order valence-corrected chi connectivity index (χ4v) is 11.0. The van der Waals surface area contributed by atoms with Crippen molar-refractivity contribution in [2.45, 2.75) is 82.6 Å². The highest BCUT2D eigenvalue weighted by Gasteiger charge is 2.51. The highest BCUT2D eigenvalue weighted by atomic mass is 16.7. The number of hydrogen-bond acceptors (Lipinski definition) is 8. The second-order valence-corrected chi connectivity index (χ2v) is 17.7. The Morgan fingerprint density at radius 1 is 0.810 bits per heavy atom. The van der Waals surface area contributed by atoms with E-state index in [0.29, 0.717) is 6.54 Å². The van der Waals surface area contributed by atoms with Gasteiger partial charge in [0.1, 0.15) is 0 Å². The number of urea groups is 1. The normalized spacial score (nSPS) is 29.3. The second-order valence-electron chi connectivity index (χ2n) is 17.7. The molecule has 4 aromatic carbocycles. The van der Waals surface area contributed by atoms with Crippen molar-refractivity contribution in [3.8, 4) is 11.1 Å². The lowest BCUT2D eigenvalue weighted by Gasteiger charge is -2.56. The zero-order valence-corrected chi connectivity index (χ0v) is 33.3. The Hall–Kier alpha value is -4.81. The Kier molecular flexibility index (Phi) is 11.0. The van der Waals surface area contributed by atoms with Gasteiger partial charge >= 0.3 is 6.03 Å². The first-order valence-corrected chi connectivity index (χ1v) is 21.2. The Morgan fingerprint density at radius 2 is 1.47 bits per heavy atom. The van der Waals surface area contributed by atoms with Crippen LogP contribution in [0.2, 0.25) is 0 Å². The maximum absolute atomic E-state index is 13.2. The minimum absolute atomic E-state index is 0.00886. The SMILES string of the molecule is C[C@H]1[C@@H](CN2CCN(c3ccc([N+](=O)[O-])cc3)CC2)O[C@@H](c2ccc(-c3cccc(CNC(=O)NC45CC6CC(CC(C6)C4)C5)c3)cc2)O[C@H]1c1ccc(CO)cc1. The molecule has 6 fully saturated rings. The fourth-order valence-electron chi connectivity index (χ4n) is 11.0. The molecule has 304 valence electrons. The van der Waals surface area contributed by atoms with E-state index >= 15 is 0 Å². The molecule has 58 heavy (non-hydrogen) atoms. The molecule has 0 spiro atoms. The van der Waals surface area contributed by atoms with Crippen LogP contribution in [0.15, 0.2) is 97.1 Å². The molecule has 0 aromatic heterocycles. The molecule has 4 bridgehead atoms. The molecule has 4 saturated carbocycles. The number of amides is 2. The average molecular weight is 786 g/mol. The molecule has 2 heterocycles. The minimum atomic E-state index is -0.567. The molecule has 2 amide bonds. The zero-order chi connectivity index (χ0) is 39.8. The summed E-state index contributed by atoms with van der Waals surface area (Å²) >= 11 is 0. The van der Waals surface area contributed by atoms with Gasteiger partial charge in [-0.3, -0.25) is 15.0 Å². The number of benzene rings is 4. The standard InChI is InChI=1S/C47H55N5O6/c1-31-43(29-50-17-19-51(20-18-50)41-13-15-42(16-14-41)52(55)56)57-45(58-44(31)38-7-5-32(30-53)6-8-38)39-11-9-37(10-12-39)40-4-2-3-33(24-40)28-48-46(54)49-47-25-34-21-35(26-47)23-36(22-34)27-47/h2-16,24,31,34-36,43-45,53H,17-23,25-30H2,1H3,(H2,48,49,54)/t31-,34?,35?,36?,43+,44+,45+,47?/m0/s1. The number of nitro groups is 1. The molecule has 11 nitrogen and oxygen atoms in total. The Balaban J connectivity index is 0.851. The van der Waals surface area contributed by atoms with Gasteiger partial charge in [0.25, 0.3) is 5.69 Å². The number of rotatable bonds is 11. The predicted molar refractivity (Wildman–Crippen MR) is 223 cm³/mol. The number of nitrogens with one attached hydrogen (secondary N) is 2. The Bertz CT molecular complexity index is 2030. The molecular weight excluding hydrogens is 731 g/mol. The summed E-state index contributed by atoms with van der Waals surface area (Å²) in [6.07, 6.45) is 6.60. The van der Waals surface area contributed by atoms with E-state index in [4.69, 9.17) is 9.47 Å². The third-order valence-corrected chi connectivity index (χ3v) is 13.7. The van der Waals surface area contributed by atoms with E-state index in [0.717, 1.165) is 109 Å². The van der Waals surface area contributed by atoms with Crippen molar-refractivity contribution in [3.63, 3.8) is 0 Å². The highest BCUT2D eigenvalue weighted by Crippen LogP contribution is 2.55. The van der Waals surface area contributed by atoms with Crippen LogP contribution in [0.1, 0.15) is 80.1 Å². The van der Waals surface area contributed by atoms with Crippen molar-refractivity contribution in [1.82, 2.24) is 15.5 Å². The Morgan fingerprint density at radius 3 is 2.10 bits per heavy atom. The number of non-ortho nitro benzene ring substituents is 1. The van der Waals surface area contributed by atoms with Gasteiger partial charge in [-0.05, 0) is 102 Å². The molecule has 10 rings (SSSR count). The maximum Gasteiger partial charge on any atom is 0.315 e. The summed E-state index contributed by atoms with van der Waals surface area (Å²) in [6.45, 7) is 6.74. The van der Waals surface area contributed by atoms with Crippen LogP contribution in [0.4, 0.5) is 16.2 Å². The third-order valence-electron chi connectivity index (χ3n) is 13.7. The van der Waals surface area contributed by atoms with E-state index in [1.807, 2.05) is 36.4 Å². The molecule has 6 aliphatic rings. The summed E-state index contributed by atoms with van der Waals surface area (Å²) in [4.78, 5) is 28.6. The van der Waals surface area contributed by atoms with E-state index < -0.39 is 6.29 Å². The molecular formula is C47H55N5O6. The Labute approximate surface area is 340 Å². The molecule has 4 aromatic rings. The first-order valence-electron chi connectivity index (χ1n) is 21.2. The van der Waals surface area contributed by atoms with Gasteiger partial charge in [-0.2, -0.15) is 0 Å². The van der Waals surface area contributed by atoms with Gasteiger partial charge in [0.15, 0.2) is 6.29 Å². The van der Waals surface area contributed by atoms with Gasteiger partial charge in [-0.25, -0.2) is 4.79 Å². The molecule has 0 unspecified atom stereocenters. The van der Waals surface area contributed by atoms with Crippen LogP contribution in [-0.4, -0.2) is 65.3 Å². The van der Waals surface area contributed by atoms with E-state index in [1.165, 1.54) is 19.3 Å². The van der Waals surface area contributed by atoms with Crippen molar-refractivity contribution in [1.29, 1.82) is 0 Å². The average Bonchev–Trinajstić information content (AvgIpc) is 3.23. The summed E-state index contributed by atoms with van der Waals surface area (Å²) in [5.74, 6) is 2.42. The lowest BCUT2D eigenvalue weighted by molar-refractivity contribution is -0.384. The number of carbonyl (C=O) groups excluding carboxylic acids is 1. The van der Waals surface area contributed by atoms with Crippen LogP contribution in [0, 0.1) is 33.8 Å². The number of piperazine rings is 1. The van der Waals surface area contributed by atoms with Crippen LogP contribution in [-0.2, 0) is 22.6 Å². The van der Waals surface area contributed by atoms with Crippen LogP contribution in [0.25, 0.3) is 11.1 Å². The van der Waals surface area contributed by atoms with E-state index in [9.17, 15) is 20.0 Å². The van der Waals surface area contributed by atoms with Gasteiger partial charge in [-0.15, -0.1) is 0 Å². The lowest BCUT2D eigenvalue weighted by Crippen LogP contribution is -2.61. The van der Waals surface area contributed by atoms with Gasteiger partial charge in [0.05, 0.1) is 23.7 Å². The van der Waals surface area contributed by atoms with Gasteiger partial charge in [0, 0.05) is 74.1 Å². The monoisotopic (exact) mass is 785 g/mol. The van der Waals surface area contributed by atoms with Gasteiger partial charge in [0.2, 0.25) is 0 Å². The van der Waals surface area contributed by atoms with Crippen molar-refractivity contribution >= 4 is 17.4 Å². The molecule has 11 heteroatoms. The van der Waals surface area contributed by atoms with Crippen molar-refractivity contribution in [2.75, 3.05) is 37.6 Å². The largest absolute Gasteiger partial charge is 0.392 e. The highest BCUT2D eigenvalue weighted by molar-refractivity contribution is 5.75. The van der Waals surface area contributed by atoms with Crippen LogP contribution in [0.5, 0.6) is 0 Å². The molecule has 3 N–H and O–H groups in total. The van der Waals surface area contributed by atoms with Crippen molar-refractivity contribution in [2.24, 2.45) is 23.7 Å². The first kappa shape index (κ1) is 38.7. The summed E-state index contributed by atoms with van der Waals surface area (Å²) in [6, 6.07) is 31.5. The van der Waals surface area contributed by atoms with E-state index in [1.54, 1.807) is 12.1 Å². The molecule has 4 aliphatic carbocycles. The third kappa shape index (κ3) is 8.36. The number of ether oxygens (including phenoxy) is 2. The smallest absolute Gasteiger partial charge is 0.315 e. The van der Waals surface area contributed by atoms with Crippen LogP contribution >= 0.6 is 0 Å². The first-order chi connectivity index (χ1) is 28.2. The topological polar surface area (TPSA) is 129 Å². The fraction of sp³-hybridized carbons (Fsp3) is 0.468. The number of anilines is 1. The second kappa shape index (κ2) is 16.4. The molecule has 2 saturated heterocycles. The van der Waals surface area contributed by atoms with Gasteiger partial charge in [-0.1, -0.05) is 73.7 Å². The summed E-state index contributed by atoms with van der Waals surface area (Å²) in [7, 11) is 0. The van der Waals surface area contributed by atoms with E-state index in [-0.39, 0.29) is 46.9 Å². The number of carbonyl (C=O) groups is 1. The van der Waals surface area contributed by atoms with Crippen molar-refractivity contribution in [3.05, 3.63) is 129 Å². The predicted octanol–water partition coefficient (Wildman–Crippen LogP) is 8.14. The lowest BCUT2D eigenvalue weighted by atomic mass is 9.53. The number of hydrogen-bond donors (Lipinski definition) is 3.